The zero-order valence-corrected chi connectivity index (χ0v) is 16.6. The molecule has 1 N–H and O–H groups in total. The highest BCUT2D eigenvalue weighted by Crippen LogP contribution is 2.33. The summed E-state index contributed by atoms with van der Waals surface area (Å²) >= 11 is 0. The van der Waals surface area contributed by atoms with Crippen LogP contribution >= 0.6 is 0 Å². The largest absolute Gasteiger partial charge is 0.454 e. The number of amides is 1. The molecule has 0 aliphatic carbocycles. The first-order chi connectivity index (χ1) is 14.1. The lowest BCUT2D eigenvalue weighted by molar-refractivity contribution is -0.120. The van der Waals surface area contributed by atoms with Gasteiger partial charge in [-0.1, -0.05) is 54.6 Å². The first-order valence-electron chi connectivity index (χ1n) is 9.66. The lowest BCUT2D eigenvalue weighted by atomic mass is 10.0. The summed E-state index contributed by atoms with van der Waals surface area (Å²) < 4.78 is 10.8. The first kappa shape index (κ1) is 19.0. The minimum Gasteiger partial charge on any atom is -0.454 e. The molecule has 1 aliphatic rings. The molecule has 0 bridgehead atoms. The molecule has 0 spiro atoms. The molecule has 148 valence electrons. The smallest absolute Gasteiger partial charge is 0.241 e. The van der Waals surface area contributed by atoms with Gasteiger partial charge in [0, 0.05) is 17.8 Å². The molecule has 3 aromatic rings. The van der Waals surface area contributed by atoms with Crippen molar-refractivity contribution in [3.63, 3.8) is 0 Å². The maximum absolute atomic E-state index is 12.9. The molecule has 1 amide bonds. The fourth-order valence-corrected chi connectivity index (χ4v) is 3.36. The highest BCUT2D eigenvalue weighted by Gasteiger charge is 2.21. The first-order valence-corrected chi connectivity index (χ1v) is 9.66. The number of fused-ring (bicyclic) bond motifs is 1. The Morgan fingerprint density at radius 1 is 1.00 bits per heavy atom. The van der Waals surface area contributed by atoms with Crippen molar-refractivity contribution in [1.82, 2.24) is 4.90 Å². The maximum Gasteiger partial charge on any atom is 0.241 e. The van der Waals surface area contributed by atoms with Crippen LogP contribution < -0.4 is 14.8 Å². The van der Waals surface area contributed by atoms with E-state index in [-0.39, 0.29) is 18.7 Å². The number of nitrogens with one attached hydrogen (secondary N) is 1. The van der Waals surface area contributed by atoms with Crippen LogP contribution in [-0.4, -0.2) is 30.7 Å². The molecule has 29 heavy (non-hydrogen) atoms. The van der Waals surface area contributed by atoms with Gasteiger partial charge in [0.2, 0.25) is 12.7 Å². The summed E-state index contributed by atoms with van der Waals surface area (Å²) in [6.45, 7) is 2.80. The Morgan fingerprint density at radius 3 is 2.55 bits per heavy atom. The summed E-state index contributed by atoms with van der Waals surface area (Å²) in [6.07, 6.45) is 0. The second kappa shape index (κ2) is 8.37. The van der Waals surface area contributed by atoms with E-state index in [4.69, 9.17) is 9.47 Å². The number of anilines is 1. The Kier molecular flexibility index (Phi) is 5.49. The van der Waals surface area contributed by atoms with E-state index in [9.17, 15) is 4.79 Å². The van der Waals surface area contributed by atoms with Crippen LogP contribution in [0.15, 0.2) is 72.8 Å². The number of ether oxygens (including phenoxy) is 2. The molecule has 5 heteroatoms. The number of carbonyl (C=O) groups excluding carboxylic acids is 1. The number of nitrogens with zero attached hydrogens (tertiary/aromatic N) is 1. The molecule has 4 rings (SSSR count). The maximum atomic E-state index is 12.9. The number of likely N-dealkylation sites (N-methyl/N-ethyl adjacent to an activating group) is 1. The second-order valence-corrected chi connectivity index (χ2v) is 7.18. The predicted octanol–water partition coefficient (Wildman–Crippen LogP) is 4.54. The molecule has 0 saturated carbocycles. The highest BCUT2D eigenvalue weighted by molar-refractivity contribution is 5.98. The van der Waals surface area contributed by atoms with Gasteiger partial charge in [0.05, 0.1) is 6.04 Å². The third-order valence-corrected chi connectivity index (χ3v) is 5.18. The topological polar surface area (TPSA) is 50.8 Å². The van der Waals surface area contributed by atoms with Crippen LogP contribution in [0, 0.1) is 0 Å². The quantitative estimate of drug-likeness (QED) is 0.674. The molecule has 1 atom stereocenters. The van der Waals surface area contributed by atoms with Crippen molar-refractivity contribution in [2.24, 2.45) is 0 Å². The average Bonchev–Trinajstić information content (AvgIpc) is 3.22. The second-order valence-electron chi connectivity index (χ2n) is 7.18. The summed E-state index contributed by atoms with van der Waals surface area (Å²) in [5.74, 6) is 1.47. The normalized spacial score (nSPS) is 13.3. The molecule has 0 fully saturated rings. The number of hydrogen-bond acceptors (Lipinski definition) is 4. The fraction of sp³-hybridized carbons (Fsp3) is 0.208. The van der Waals surface area contributed by atoms with Crippen LogP contribution in [-0.2, 0) is 11.3 Å². The Hall–Kier alpha value is -3.31. The SMILES string of the molecule is CC(C(=O)Nc1ccccc1-c1ccccc1)N(C)Cc1ccc2c(c1)OCO2. The Balaban J connectivity index is 1.45. The standard InChI is InChI=1S/C24H24N2O3/c1-17(26(2)15-18-12-13-22-23(14-18)29-16-28-22)24(27)25-21-11-7-6-10-20(21)19-8-4-3-5-9-19/h3-14,17H,15-16H2,1-2H3,(H,25,27). The molecular formula is C24H24N2O3. The third-order valence-electron chi connectivity index (χ3n) is 5.18. The van der Waals surface area contributed by atoms with Crippen LogP contribution in [0.1, 0.15) is 12.5 Å². The summed E-state index contributed by atoms with van der Waals surface area (Å²) in [5.41, 5.74) is 3.96. The lowest BCUT2D eigenvalue weighted by Gasteiger charge is -2.24. The van der Waals surface area contributed by atoms with E-state index in [0.717, 1.165) is 33.9 Å². The summed E-state index contributed by atoms with van der Waals surface area (Å²) in [7, 11) is 1.94. The lowest BCUT2D eigenvalue weighted by Crippen LogP contribution is -2.39. The van der Waals surface area contributed by atoms with Crippen molar-refractivity contribution in [3.05, 3.63) is 78.4 Å². The summed E-state index contributed by atoms with van der Waals surface area (Å²) in [6, 6.07) is 23.5. The molecule has 5 nitrogen and oxygen atoms in total. The molecule has 3 aromatic carbocycles. The van der Waals surface area contributed by atoms with Crippen LogP contribution in [0.2, 0.25) is 0 Å². The number of para-hydroxylation sites is 1. The summed E-state index contributed by atoms with van der Waals surface area (Å²) in [4.78, 5) is 14.9. The molecule has 0 radical (unpaired) electrons. The number of rotatable bonds is 6. The van der Waals surface area contributed by atoms with Gasteiger partial charge in [0.1, 0.15) is 0 Å². The van der Waals surface area contributed by atoms with Gasteiger partial charge in [0.25, 0.3) is 0 Å². The number of benzene rings is 3. The highest BCUT2D eigenvalue weighted by atomic mass is 16.7. The van der Waals surface area contributed by atoms with E-state index in [1.54, 1.807) is 0 Å². The summed E-state index contributed by atoms with van der Waals surface area (Å²) in [5, 5.41) is 3.09. The fourth-order valence-electron chi connectivity index (χ4n) is 3.36. The van der Waals surface area contributed by atoms with Gasteiger partial charge < -0.3 is 14.8 Å². The van der Waals surface area contributed by atoms with Crippen molar-refractivity contribution in [3.8, 4) is 22.6 Å². The van der Waals surface area contributed by atoms with Crippen molar-refractivity contribution >= 4 is 11.6 Å². The van der Waals surface area contributed by atoms with Crippen molar-refractivity contribution in [2.45, 2.75) is 19.5 Å². The van der Waals surface area contributed by atoms with Crippen LogP contribution in [0.4, 0.5) is 5.69 Å². The van der Waals surface area contributed by atoms with E-state index in [0.29, 0.717) is 6.54 Å². The van der Waals surface area contributed by atoms with Gasteiger partial charge in [-0.3, -0.25) is 9.69 Å². The van der Waals surface area contributed by atoms with E-state index >= 15 is 0 Å². The van der Waals surface area contributed by atoms with Crippen LogP contribution in [0.5, 0.6) is 11.5 Å². The van der Waals surface area contributed by atoms with Gasteiger partial charge >= 0.3 is 0 Å². The Labute approximate surface area is 170 Å². The number of carbonyl (C=O) groups is 1. The predicted molar refractivity (Wildman–Crippen MR) is 114 cm³/mol. The minimum absolute atomic E-state index is 0.0448. The van der Waals surface area contributed by atoms with Crippen molar-refractivity contribution < 1.29 is 14.3 Å². The molecule has 1 unspecified atom stereocenters. The molecule has 0 saturated heterocycles. The van der Waals surface area contributed by atoms with E-state index < -0.39 is 0 Å². The zero-order valence-electron chi connectivity index (χ0n) is 16.6. The number of hydrogen-bond donors (Lipinski definition) is 1. The van der Waals surface area contributed by atoms with Crippen LogP contribution in [0.3, 0.4) is 0 Å². The van der Waals surface area contributed by atoms with Gasteiger partial charge in [-0.05, 0) is 43.3 Å². The van der Waals surface area contributed by atoms with Crippen molar-refractivity contribution in [2.75, 3.05) is 19.2 Å². The third kappa shape index (κ3) is 4.25. The van der Waals surface area contributed by atoms with Gasteiger partial charge in [-0.2, -0.15) is 0 Å². The van der Waals surface area contributed by atoms with Gasteiger partial charge in [-0.15, -0.1) is 0 Å². The van der Waals surface area contributed by atoms with Crippen molar-refractivity contribution in [1.29, 1.82) is 0 Å². The Bertz CT molecular complexity index is 1000. The Morgan fingerprint density at radius 2 is 1.72 bits per heavy atom. The molecule has 0 aromatic heterocycles. The van der Waals surface area contributed by atoms with E-state index in [1.807, 2.05) is 91.7 Å². The monoisotopic (exact) mass is 388 g/mol. The van der Waals surface area contributed by atoms with Gasteiger partial charge in [0.15, 0.2) is 11.5 Å². The van der Waals surface area contributed by atoms with Gasteiger partial charge in [-0.25, -0.2) is 0 Å². The average molecular weight is 388 g/mol. The van der Waals surface area contributed by atoms with E-state index in [1.165, 1.54) is 0 Å². The van der Waals surface area contributed by atoms with E-state index in [2.05, 4.69) is 5.32 Å². The minimum atomic E-state index is -0.302. The molecule has 1 heterocycles. The van der Waals surface area contributed by atoms with Crippen LogP contribution in [0.25, 0.3) is 11.1 Å². The molecule has 1 aliphatic heterocycles. The molecular weight excluding hydrogens is 364 g/mol. The zero-order chi connectivity index (χ0) is 20.2.